The van der Waals surface area contributed by atoms with Crippen LogP contribution < -0.4 is 4.57 Å². The molecule has 0 radical (unpaired) electrons. The molecular weight excluding hydrogens is 210 g/mol. The number of hydrogen-bond acceptors (Lipinski definition) is 3. The summed E-state index contributed by atoms with van der Waals surface area (Å²) < 4.78 is 2.06. The van der Waals surface area contributed by atoms with Crippen molar-refractivity contribution in [3.05, 3.63) is 63.9 Å². The van der Waals surface area contributed by atoms with Gasteiger partial charge in [0, 0.05) is 6.92 Å². The van der Waals surface area contributed by atoms with E-state index in [1.807, 2.05) is 31.5 Å². The van der Waals surface area contributed by atoms with E-state index in [0.717, 1.165) is 0 Å². The molecule has 0 fully saturated rings. The first kappa shape index (κ1) is 11.7. The SMILES string of the molecule is Cc1c[n+](-c2ccccc2)c[nH]1.O=[N+]([O-])[O-]. The van der Waals surface area contributed by atoms with Crippen molar-refractivity contribution in [1.29, 1.82) is 0 Å². The average Bonchev–Trinajstić information content (AvgIpc) is 2.65. The zero-order valence-corrected chi connectivity index (χ0v) is 8.66. The molecule has 0 aliphatic heterocycles. The quantitative estimate of drug-likeness (QED) is 0.448. The van der Waals surface area contributed by atoms with E-state index in [0.29, 0.717) is 0 Å². The van der Waals surface area contributed by atoms with E-state index in [9.17, 15) is 0 Å². The molecule has 0 saturated carbocycles. The van der Waals surface area contributed by atoms with Crippen LogP contribution in [0.3, 0.4) is 0 Å². The highest BCUT2D eigenvalue weighted by Gasteiger charge is 2.01. The summed E-state index contributed by atoms with van der Waals surface area (Å²) >= 11 is 0. The summed E-state index contributed by atoms with van der Waals surface area (Å²) in [6, 6.07) is 10.2. The first-order chi connectivity index (χ1) is 7.59. The third-order valence-corrected chi connectivity index (χ3v) is 1.82. The maximum absolute atomic E-state index is 8.25. The molecule has 0 bridgehead atoms. The van der Waals surface area contributed by atoms with Gasteiger partial charge in [0.25, 0.3) is 0 Å². The number of rotatable bonds is 1. The van der Waals surface area contributed by atoms with Crippen LogP contribution >= 0.6 is 0 Å². The van der Waals surface area contributed by atoms with Gasteiger partial charge in [-0.25, -0.2) is 9.55 Å². The van der Waals surface area contributed by atoms with Crippen molar-refractivity contribution in [2.45, 2.75) is 6.92 Å². The predicted octanol–water partition coefficient (Wildman–Crippen LogP) is 1.36. The highest BCUT2D eigenvalue weighted by molar-refractivity contribution is 5.21. The Morgan fingerprint density at radius 3 is 2.25 bits per heavy atom. The minimum atomic E-state index is -1.75. The summed E-state index contributed by atoms with van der Waals surface area (Å²) in [6.07, 6.45) is 4.01. The monoisotopic (exact) mass is 221 g/mol. The van der Waals surface area contributed by atoms with Crippen molar-refractivity contribution in [2.24, 2.45) is 0 Å². The Morgan fingerprint density at radius 1 is 1.25 bits per heavy atom. The van der Waals surface area contributed by atoms with Crippen LogP contribution in [0.4, 0.5) is 0 Å². The first-order valence-electron chi connectivity index (χ1n) is 4.53. The molecule has 0 aliphatic carbocycles. The van der Waals surface area contributed by atoms with Crippen LogP contribution in [0, 0.1) is 22.2 Å². The third kappa shape index (κ3) is 3.79. The van der Waals surface area contributed by atoms with E-state index in [1.165, 1.54) is 11.4 Å². The van der Waals surface area contributed by atoms with Crippen molar-refractivity contribution in [3.8, 4) is 5.69 Å². The molecule has 6 nitrogen and oxygen atoms in total. The molecule has 2 rings (SSSR count). The normalized spacial score (nSPS) is 9.06. The Labute approximate surface area is 91.9 Å². The molecule has 1 aromatic carbocycles. The molecule has 2 aromatic rings. The van der Waals surface area contributed by atoms with Crippen LogP contribution in [0.15, 0.2) is 42.9 Å². The van der Waals surface area contributed by atoms with Crippen molar-refractivity contribution in [1.82, 2.24) is 4.98 Å². The summed E-state index contributed by atoms with van der Waals surface area (Å²) in [5.74, 6) is 0. The molecule has 16 heavy (non-hydrogen) atoms. The largest absolute Gasteiger partial charge is 0.356 e. The van der Waals surface area contributed by atoms with Gasteiger partial charge in [0.05, 0.1) is 5.09 Å². The van der Waals surface area contributed by atoms with Gasteiger partial charge in [-0.05, 0) is 12.1 Å². The van der Waals surface area contributed by atoms with Gasteiger partial charge in [-0.15, -0.1) is 0 Å². The standard InChI is InChI=1S/C10H10N2.NO3/c1-9-7-12(8-11-9)10-5-3-2-4-6-10;2-1(3)4/h2-8H,1H3;/q;-1/p+1. The fourth-order valence-electron chi connectivity index (χ4n) is 1.20. The number of aryl methyl sites for hydroxylation is 1. The van der Waals surface area contributed by atoms with E-state index in [4.69, 9.17) is 15.3 Å². The summed E-state index contributed by atoms with van der Waals surface area (Å²) in [4.78, 5) is 11.4. The summed E-state index contributed by atoms with van der Waals surface area (Å²) in [6.45, 7) is 2.04. The van der Waals surface area contributed by atoms with E-state index in [1.54, 1.807) is 0 Å². The molecule has 1 N–H and O–H groups in total. The number of hydrogen-bond donors (Lipinski definition) is 1. The topological polar surface area (TPSA) is 85.9 Å². The molecule has 0 aliphatic rings. The molecule has 0 atom stereocenters. The van der Waals surface area contributed by atoms with Crippen LogP contribution in [-0.2, 0) is 0 Å². The highest BCUT2D eigenvalue weighted by Crippen LogP contribution is 1.97. The molecule has 0 amide bonds. The minimum Gasteiger partial charge on any atom is -0.356 e. The Hall–Kier alpha value is -2.37. The number of nitrogens with one attached hydrogen (secondary N) is 1. The Balaban J connectivity index is 0.000000280. The van der Waals surface area contributed by atoms with Crippen LogP contribution in [0.25, 0.3) is 5.69 Å². The number of benzene rings is 1. The molecule has 0 spiro atoms. The number of aromatic nitrogens is 2. The van der Waals surface area contributed by atoms with Gasteiger partial charge in [-0.1, -0.05) is 18.2 Å². The molecule has 0 saturated heterocycles. The van der Waals surface area contributed by atoms with Crippen molar-refractivity contribution < 1.29 is 9.65 Å². The zero-order valence-electron chi connectivity index (χ0n) is 8.66. The maximum Gasteiger partial charge on any atom is 0.246 e. The fourth-order valence-corrected chi connectivity index (χ4v) is 1.20. The fraction of sp³-hybridized carbons (Fsp3) is 0.100. The Morgan fingerprint density at radius 2 is 1.81 bits per heavy atom. The first-order valence-corrected chi connectivity index (χ1v) is 4.53. The van der Waals surface area contributed by atoms with Crippen LogP contribution in [0.1, 0.15) is 5.69 Å². The lowest BCUT2D eigenvalue weighted by molar-refractivity contribution is -0.594. The second-order valence-corrected chi connectivity index (χ2v) is 3.05. The zero-order chi connectivity index (χ0) is 12.0. The smallest absolute Gasteiger partial charge is 0.246 e. The summed E-state index contributed by atoms with van der Waals surface area (Å²) in [7, 11) is 0. The molecule has 84 valence electrons. The Kier molecular flexibility index (Phi) is 4.02. The van der Waals surface area contributed by atoms with Gasteiger partial charge in [0.1, 0.15) is 17.6 Å². The van der Waals surface area contributed by atoms with Crippen LogP contribution in [0.2, 0.25) is 0 Å². The van der Waals surface area contributed by atoms with Gasteiger partial charge in [-0.2, -0.15) is 0 Å². The number of nitrogens with zero attached hydrogens (tertiary/aromatic N) is 2. The minimum absolute atomic E-state index is 1.17. The predicted molar refractivity (Wildman–Crippen MR) is 57.4 cm³/mol. The van der Waals surface area contributed by atoms with Gasteiger partial charge >= 0.3 is 0 Å². The van der Waals surface area contributed by atoms with E-state index < -0.39 is 5.09 Å². The summed E-state index contributed by atoms with van der Waals surface area (Å²) in [5.41, 5.74) is 2.35. The average molecular weight is 221 g/mol. The second kappa shape index (κ2) is 5.50. The highest BCUT2D eigenvalue weighted by atomic mass is 16.9. The molecule has 1 aromatic heterocycles. The Bertz CT molecular complexity index is 449. The van der Waals surface area contributed by atoms with E-state index in [2.05, 4.69) is 27.9 Å². The molecule has 0 unspecified atom stereocenters. The van der Waals surface area contributed by atoms with Gasteiger partial charge in [0.2, 0.25) is 6.33 Å². The van der Waals surface area contributed by atoms with E-state index >= 15 is 0 Å². The van der Waals surface area contributed by atoms with Crippen LogP contribution in [-0.4, -0.2) is 10.1 Å². The van der Waals surface area contributed by atoms with Crippen LogP contribution in [0.5, 0.6) is 0 Å². The summed E-state index contributed by atoms with van der Waals surface area (Å²) in [5, 5.41) is 14.8. The number of H-pyrrole nitrogens is 1. The molecular formula is C10H11N3O3. The number of para-hydroxylation sites is 1. The van der Waals surface area contributed by atoms with Crippen molar-refractivity contribution >= 4 is 0 Å². The lowest BCUT2D eigenvalue weighted by atomic mass is 10.3. The number of imidazole rings is 1. The lowest BCUT2D eigenvalue weighted by Crippen LogP contribution is -2.26. The van der Waals surface area contributed by atoms with Gasteiger partial charge in [-0.3, -0.25) is 0 Å². The third-order valence-electron chi connectivity index (χ3n) is 1.82. The lowest BCUT2D eigenvalue weighted by Gasteiger charge is -1.91. The van der Waals surface area contributed by atoms with E-state index in [-0.39, 0.29) is 0 Å². The van der Waals surface area contributed by atoms with Crippen molar-refractivity contribution in [2.75, 3.05) is 0 Å². The van der Waals surface area contributed by atoms with Crippen molar-refractivity contribution in [3.63, 3.8) is 0 Å². The van der Waals surface area contributed by atoms with Gasteiger partial charge in [0.15, 0.2) is 0 Å². The molecule has 6 heteroatoms. The second-order valence-electron chi connectivity index (χ2n) is 3.05. The van der Waals surface area contributed by atoms with Gasteiger partial charge < -0.3 is 15.3 Å². The number of aromatic amines is 1. The maximum atomic E-state index is 8.25. The molecule has 1 heterocycles.